The van der Waals surface area contributed by atoms with Gasteiger partial charge >= 0.3 is 12.0 Å². The van der Waals surface area contributed by atoms with Crippen LogP contribution in [0.3, 0.4) is 0 Å². The van der Waals surface area contributed by atoms with Crippen LogP contribution in [0.4, 0.5) is 10.5 Å². The Morgan fingerprint density at radius 3 is 2.84 bits per heavy atom. The van der Waals surface area contributed by atoms with Crippen LogP contribution in [0.1, 0.15) is 18.4 Å². The number of urea groups is 1. The number of aryl methyl sites for hydroxylation is 1. The van der Waals surface area contributed by atoms with Crippen LogP contribution in [0.2, 0.25) is 0 Å². The average molecular weight is 267 g/mol. The van der Waals surface area contributed by atoms with E-state index in [0.29, 0.717) is 24.5 Å². The molecule has 0 aliphatic rings. The predicted octanol–water partition coefficient (Wildman–Crippen LogP) is 1.38. The number of hydrogen-bond donors (Lipinski definition) is 3. The Morgan fingerprint density at radius 1 is 1.47 bits per heavy atom. The lowest BCUT2D eigenvalue weighted by atomic mass is 10.3. The summed E-state index contributed by atoms with van der Waals surface area (Å²) in [7, 11) is 1.47. The minimum atomic E-state index is -0.883. The highest BCUT2D eigenvalue weighted by atomic mass is 16.5. The van der Waals surface area contributed by atoms with E-state index in [1.165, 1.54) is 7.11 Å². The number of amides is 2. The third-order valence-corrected chi connectivity index (χ3v) is 2.28. The summed E-state index contributed by atoms with van der Waals surface area (Å²) in [5, 5.41) is 13.6. The first kappa shape index (κ1) is 14.7. The SMILES string of the molecule is COc1ncc(C)cc1NC(=O)NCCCC(=O)O. The Morgan fingerprint density at radius 2 is 2.21 bits per heavy atom. The molecule has 1 rings (SSSR count). The monoisotopic (exact) mass is 267 g/mol. The van der Waals surface area contributed by atoms with Crippen LogP contribution in [0.25, 0.3) is 0 Å². The molecule has 0 aromatic carbocycles. The molecule has 0 radical (unpaired) electrons. The maximum atomic E-state index is 11.6. The molecule has 0 fully saturated rings. The fourth-order valence-electron chi connectivity index (χ4n) is 1.42. The van der Waals surface area contributed by atoms with Crippen molar-refractivity contribution < 1.29 is 19.4 Å². The first-order chi connectivity index (χ1) is 9.02. The Bertz CT molecular complexity index is 462. The van der Waals surface area contributed by atoms with E-state index >= 15 is 0 Å². The van der Waals surface area contributed by atoms with Crippen LogP contribution in [-0.4, -0.2) is 35.7 Å². The van der Waals surface area contributed by atoms with E-state index in [9.17, 15) is 9.59 Å². The van der Waals surface area contributed by atoms with E-state index in [-0.39, 0.29) is 6.42 Å². The number of methoxy groups -OCH3 is 1. The van der Waals surface area contributed by atoms with E-state index in [1.807, 2.05) is 6.92 Å². The molecule has 0 saturated heterocycles. The number of carboxylic acids is 1. The topological polar surface area (TPSA) is 101 Å². The summed E-state index contributed by atoms with van der Waals surface area (Å²) in [5.41, 5.74) is 1.36. The molecule has 0 aliphatic heterocycles. The molecule has 7 nitrogen and oxygen atoms in total. The number of pyridine rings is 1. The maximum absolute atomic E-state index is 11.6. The Balaban J connectivity index is 2.47. The van der Waals surface area contributed by atoms with Gasteiger partial charge in [0.1, 0.15) is 5.69 Å². The number of anilines is 1. The number of aromatic nitrogens is 1. The first-order valence-electron chi connectivity index (χ1n) is 5.80. The fourth-order valence-corrected chi connectivity index (χ4v) is 1.42. The van der Waals surface area contributed by atoms with Crippen LogP contribution >= 0.6 is 0 Å². The van der Waals surface area contributed by atoms with Crippen molar-refractivity contribution in [1.29, 1.82) is 0 Å². The molecule has 3 N–H and O–H groups in total. The molecule has 7 heteroatoms. The van der Waals surface area contributed by atoms with Crippen LogP contribution in [-0.2, 0) is 4.79 Å². The number of carbonyl (C=O) groups excluding carboxylic acids is 1. The molecule has 0 bridgehead atoms. The van der Waals surface area contributed by atoms with E-state index < -0.39 is 12.0 Å². The fraction of sp³-hybridized carbons (Fsp3) is 0.417. The number of ether oxygens (including phenoxy) is 1. The van der Waals surface area contributed by atoms with Gasteiger partial charge in [0.15, 0.2) is 0 Å². The van der Waals surface area contributed by atoms with Gasteiger partial charge in [0.25, 0.3) is 0 Å². The minimum absolute atomic E-state index is 0.0234. The normalized spacial score (nSPS) is 9.79. The molecular formula is C12H17N3O4. The largest absolute Gasteiger partial charge is 0.481 e. The van der Waals surface area contributed by atoms with Crippen LogP contribution in [0.15, 0.2) is 12.3 Å². The van der Waals surface area contributed by atoms with Gasteiger partial charge in [0.05, 0.1) is 7.11 Å². The van der Waals surface area contributed by atoms with E-state index in [2.05, 4.69) is 15.6 Å². The summed E-state index contributed by atoms with van der Waals surface area (Å²) in [6.07, 6.45) is 2.04. The van der Waals surface area contributed by atoms with Crippen LogP contribution in [0, 0.1) is 6.92 Å². The molecule has 0 atom stereocenters. The van der Waals surface area contributed by atoms with Gasteiger partial charge < -0.3 is 20.5 Å². The molecule has 2 amide bonds. The number of nitrogens with zero attached hydrogens (tertiary/aromatic N) is 1. The average Bonchev–Trinajstić information content (AvgIpc) is 2.35. The highest BCUT2D eigenvalue weighted by molar-refractivity contribution is 5.90. The summed E-state index contributed by atoms with van der Waals surface area (Å²) in [6.45, 7) is 2.14. The second kappa shape index (κ2) is 7.20. The standard InChI is InChI=1S/C12H17N3O4/c1-8-6-9(11(19-2)14-7-8)15-12(18)13-5-3-4-10(16)17/h6-7H,3-5H2,1-2H3,(H,16,17)(H2,13,15,18). The summed E-state index contributed by atoms with van der Waals surface area (Å²) in [5.74, 6) is -0.557. The van der Waals surface area contributed by atoms with Gasteiger partial charge in [-0.2, -0.15) is 0 Å². The highest BCUT2D eigenvalue weighted by Gasteiger charge is 2.08. The van der Waals surface area contributed by atoms with Gasteiger partial charge in [0, 0.05) is 19.2 Å². The molecule has 0 saturated carbocycles. The van der Waals surface area contributed by atoms with Crippen molar-refractivity contribution in [2.75, 3.05) is 19.0 Å². The second-order valence-corrected chi connectivity index (χ2v) is 3.95. The molecule has 0 spiro atoms. The van der Waals surface area contributed by atoms with Crippen molar-refractivity contribution in [3.63, 3.8) is 0 Å². The Labute approximate surface area is 111 Å². The molecule has 104 valence electrons. The Kier molecular flexibility index (Phi) is 5.59. The quantitative estimate of drug-likeness (QED) is 0.676. The van der Waals surface area contributed by atoms with Crippen molar-refractivity contribution >= 4 is 17.7 Å². The molecular weight excluding hydrogens is 250 g/mol. The third-order valence-electron chi connectivity index (χ3n) is 2.28. The third kappa shape index (κ3) is 5.24. The highest BCUT2D eigenvalue weighted by Crippen LogP contribution is 2.21. The van der Waals surface area contributed by atoms with E-state index in [0.717, 1.165) is 5.56 Å². The zero-order valence-corrected chi connectivity index (χ0v) is 10.9. The van der Waals surface area contributed by atoms with Crippen molar-refractivity contribution in [3.05, 3.63) is 17.8 Å². The molecule has 1 heterocycles. The molecule has 0 aliphatic carbocycles. The Hall–Kier alpha value is -2.31. The molecule has 19 heavy (non-hydrogen) atoms. The van der Waals surface area contributed by atoms with Crippen molar-refractivity contribution in [2.24, 2.45) is 0 Å². The number of carbonyl (C=O) groups is 2. The zero-order chi connectivity index (χ0) is 14.3. The van der Waals surface area contributed by atoms with E-state index in [1.54, 1.807) is 12.3 Å². The zero-order valence-electron chi connectivity index (χ0n) is 10.9. The predicted molar refractivity (Wildman–Crippen MR) is 69.4 cm³/mol. The number of aliphatic carboxylic acids is 1. The lowest BCUT2D eigenvalue weighted by Gasteiger charge is -2.10. The lowest BCUT2D eigenvalue weighted by Crippen LogP contribution is -2.30. The number of hydrogen-bond acceptors (Lipinski definition) is 4. The second-order valence-electron chi connectivity index (χ2n) is 3.95. The number of rotatable bonds is 6. The van der Waals surface area contributed by atoms with Gasteiger partial charge in [-0.3, -0.25) is 4.79 Å². The number of carboxylic acid groups (broad SMARTS) is 1. The van der Waals surface area contributed by atoms with Crippen LogP contribution in [0.5, 0.6) is 5.88 Å². The van der Waals surface area contributed by atoms with Gasteiger partial charge in [-0.25, -0.2) is 9.78 Å². The molecule has 1 aromatic heterocycles. The molecule has 1 aromatic rings. The minimum Gasteiger partial charge on any atom is -0.481 e. The summed E-state index contributed by atoms with van der Waals surface area (Å²) >= 11 is 0. The number of nitrogens with one attached hydrogen (secondary N) is 2. The van der Waals surface area contributed by atoms with Crippen molar-refractivity contribution in [1.82, 2.24) is 10.3 Å². The first-order valence-corrected chi connectivity index (χ1v) is 5.80. The van der Waals surface area contributed by atoms with Gasteiger partial charge in [-0.15, -0.1) is 0 Å². The van der Waals surface area contributed by atoms with E-state index in [4.69, 9.17) is 9.84 Å². The van der Waals surface area contributed by atoms with Crippen LogP contribution < -0.4 is 15.4 Å². The van der Waals surface area contributed by atoms with Gasteiger partial charge in [0.2, 0.25) is 5.88 Å². The van der Waals surface area contributed by atoms with Gasteiger partial charge in [-0.1, -0.05) is 0 Å². The van der Waals surface area contributed by atoms with Gasteiger partial charge in [-0.05, 0) is 25.0 Å². The summed E-state index contributed by atoms with van der Waals surface area (Å²) in [4.78, 5) is 25.9. The van der Waals surface area contributed by atoms with Crippen molar-refractivity contribution in [3.8, 4) is 5.88 Å². The summed E-state index contributed by atoms with van der Waals surface area (Å²) in [6, 6.07) is 1.32. The van der Waals surface area contributed by atoms with Crippen molar-refractivity contribution in [2.45, 2.75) is 19.8 Å². The smallest absolute Gasteiger partial charge is 0.319 e. The maximum Gasteiger partial charge on any atom is 0.319 e. The summed E-state index contributed by atoms with van der Waals surface area (Å²) < 4.78 is 5.03. The lowest BCUT2D eigenvalue weighted by molar-refractivity contribution is -0.137. The molecule has 0 unspecified atom stereocenters.